The van der Waals surface area contributed by atoms with Crippen LogP contribution in [-0.4, -0.2) is 29.7 Å². The number of nitrogens with zero attached hydrogens (tertiary/aromatic N) is 4. The SMILES string of the molecule is Cn1nccc1-c1nc2nc(N)[nH]c(=O)c2[nH]1. The summed E-state index contributed by atoms with van der Waals surface area (Å²) in [6.07, 6.45) is 1.65. The van der Waals surface area contributed by atoms with E-state index >= 15 is 0 Å². The molecule has 3 aromatic heterocycles. The van der Waals surface area contributed by atoms with E-state index in [4.69, 9.17) is 5.73 Å². The van der Waals surface area contributed by atoms with Crippen molar-refractivity contribution in [2.24, 2.45) is 7.05 Å². The predicted molar refractivity (Wildman–Crippen MR) is 61.1 cm³/mol. The maximum atomic E-state index is 11.6. The van der Waals surface area contributed by atoms with Crippen LogP contribution in [0.25, 0.3) is 22.7 Å². The van der Waals surface area contributed by atoms with Crippen molar-refractivity contribution in [1.29, 1.82) is 0 Å². The number of aromatic nitrogens is 6. The Labute approximate surface area is 94.5 Å². The summed E-state index contributed by atoms with van der Waals surface area (Å²) >= 11 is 0. The van der Waals surface area contributed by atoms with Gasteiger partial charge < -0.3 is 10.7 Å². The van der Waals surface area contributed by atoms with Crippen molar-refractivity contribution >= 4 is 17.1 Å². The van der Waals surface area contributed by atoms with Crippen LogP contribution in [0, 0.1) is 0 Å². The highest BCUT2D eigenvalue weighted by atomic mass is 16.1. The Kier molecular flexibility index (Phi) is 1.79. The summed E-state index contributed by atoms with van der Waals surface area (Å²) in [5, 5.41) is 4.03. The molecule has 86 valence electrons. The number of aromatic amines is 2. The molecule has 0 fully saturated rings. The minimum Gasteiger partial charge on any atom is -0.369 e. The monoisotopic (exact) mass is 231 g/mol. The second-order valence-corrected chi connectivity index (χ2v) is 3.58. The maximum absolute atomic E-state index is 11.6. The highest BCUT2D eigenvalue weighted by Gasteiger charge is 2.12. The number of hydrogen-bond acceptors (Lipinski definition) is 5. The molecule has 0 amide bonds. The van der Waals surface area contributed by atoms with Gasteiger partial charge in [-0.2, -0.15) is 10.1 Å². The van der Waals surface area contributed by atoms with Gasteiger partial charge in [0.1, 0.15) is 5.69 Å². The average Bonchev–Trinajstić information content (AvgIpc) is 2.83. The standard InChI is InChI=1S/C9H9N7O/c1-16-4(2-3-11-16)6-12-5-7(13-6)14-9(10)15-8(5)17/h2-3H,1H3,(H4,10,12,13,14,15,17). The number of fused-ring (bicyclic) bond motifs is 1. The fourth-order valence-electron chi connectivity index (χ4n) is 1.65. The highest BCUT2D eigenvalue weighted by molar-refractivity contribution is 5.74. The zero-order chi connectivity index (χ0) is 12.0. The van der Waals surface area contributed by atoms with Crippen LogP contribution >= 0.6 is 0 Å². The Morgan fingerprint density at radius 2 is 2.18 bits per heavy atom. The highest BCUT2D eigenvalue weighted by Crippen LogP contribution is 2.16. The van der Waals surface area contributed by atoms with Gasteiger partial charge >= 0.3 is 0 Å². The van der Waals surface area contributed by atoms with Crippen molar-refractivity contribution in [2.45, 2.75) is 0 Å². The first-order valence-electron chi connectivity index (χ1n) is 4.89. The van der Waals surface area contributed by atoms with E-state index in [1.807, 2.05) is 0 Å². The summed E-state index contributed by atoms with van der Waals surface area (Å²) in [7, 11) is 1.79. The van der Waals surface area contributed by atoms with E-state index in [1.54, 1.807) is 24.0 Å². The third-order valence-corrected chi connectivity index (χ3v) is 2.44. The predicted octanol–water partition coefficient (Wildman–Crippen LogP) is -0.371. The summed E-state index contributed by atoms with van der Waals surface area (Å²) < 4.78 is 1.65. The Hall–Kier alpha value is -2.64. The van der Waals surface area contributed by atoms with Gasteiger partial charge in [-0.05, 0) is 6.07 Å². The van der Waals surface area contributed by atoms with E-state index in [2.05, 4.69) is 25.0 Å². The molecule has 3 heterocycles. The first-order chi connectivity index (χ1) is 8.15. The van der Waals surface area contributed by atoms with Crippen LogP contribution in [0.5, 0.6) is 0 Å². The molecule has 0 unspecified atom stereocenters. The molecule has 0 aliphatic carbocycles. The van der Waals surface area contributed by atoms with Crippen molar-refractivity contribution in [3.05, 3.63) is 22.6 Å². The molecule has 0 radical (unpaired) electrons. The molecule has 0 aromatic carbocycles. The number of imidazole rings is 1. The molecular weight excluding hydrogens is 222 g/mol. The fourth-order valence-corrected chi connectivity index (χ4v) is 1.65. The minimum absolute atomic E-state index is 0.0468. The lowest BCUT2D eigenvalue weighted by atomic mass is 10.4. The van der Waals surface area contributed by atoms with E-state index < -0.39 is 0 Å². The lowest BCUT2D eigenvalue weighted by molar-refractivity contribution is 0.771. The zero-order valence-corrected chi connectivity index (χ0v) is 8.93. The fraction of sp³-hybridized carbons (Fsp3) is 0.111. The number of anilines is 1. The number of rotatable bonds is 1. The van der Waals surface area contributed by atoms with Crippen molar-refractivity contribution in [1.82, 2.24) is 29.7 Å². The molecule has 17 heavy (non-hydrogen) atoms. The molecule has 3 rings (SSSR count). The first kappa shape index (κ1) is 9.58. The van der Waals surface area contributed by atoms with Crippen LogP contribution in [0.4, 0.5) is 5.95 Å². The molecule has 0 aliphatic heterocycles. The van der Waals surface area contributed by atoms with Gasteiger partial charge in [0.25, 0.3) is 5.56 Å². The largest absolute Gasteiger partial charge is 0.369 e. The van der Waals surface area contributed by atoms with Crippen LogP contribution in [-0.2, 0) is 7.05 Å². The molecule has 0 saturated carbocycles. The number of nitrogen functional groups attached to an aromatic ring is 1. The average molecular weight is 231 g/mol. The smallest absolute Gasteiger partial charge is 0.278 e. The van der Waals surface area contributed by atoms with Gasteiger partial charge in [0.15, 0.2) is 17.0 Å². The molecule has 0 atom stereocenters. The maximum Gasteiger partial charge on any atom is 0.278 e. The van der Waals surface area contributed by atoms with Crippen LogP contribution in [0.2, 0.25) is 0 Å². The molecule has 3 aromatic rings. The summed E-state index contributed by atoms with van der Waals surface area (Å²) in [5.74, 6) is 0.578. The lowest BCUT2D eigenvalue weighted by Crippen LogP contribution is -2.10. The van der Waals surface area contributed by atoms with Gasteiger partial charge in [-0.15, -0.1) is 0 Å². The second-order valence-electron chi connectivity index (χ2n) is 3.58. The Bertz CT molecular complexity index is 750. The topological polar surface area (TPSA) is 118 Å². The van der Waals surface area contributed by atoms with Crippen molar-refractivity contribution < 1.29 is 0 Å². The Morgan fingerprint density at radius 3 is 2.88 bits per heavy atom. The Balaban J connectivity index is 2.31. The van der Waals surface area contributed by atoms with Crippen LogP contribution in [0.1, 0.15) is 0 Å². The number of nitrogens with one attached hydrogen (secondary N) is 2. The normalized spacial score (nSPS) is 11.1. The molecule has 0 aliphatic rings. The molecule has 0 spiro atoms. The third-order valence-electron chi connectivity index (χ3n) is 2.44. The summed E-state index contributed by atoms with van der Waals surface area (Å²) in [4.78, 5) is 25.1. The van der Waals surface area contributed by atoms with E-state index in [9.17, 15) is 4.79 Å². The van der Waals surface area contributed by atoms with Crippen molar-refractivity contribution in [2.75, 3.05) is 5.73 Å². The van der Waals surface area contributed by atoms with E-state index in [-0.39, 0.29) is 11.5 Å². The number of hydrogen-bond donors (Lipinski definition) is 3. The Morgan fingerprint density at radius 1 is 1.35 bits per heavy atom. The minimum atomic E-state index is -0.339. The first-order valence-corrected chi connectivity index (χ1v) is 4.89. The molecular formula is C9H9N7O. The van der Waals surface area contributed by atoms with Gasteiger partial charge in [-0.3, -0.25) is 14.5 Å². The summed E-state index contributed by atoms with van der Waals surface area (Å²) in [6.45, 7) is 0. The molecule has 4 N–H and O–H groups in total. The van der Waals surface area contributed by atoms with E-state index in [0.29, 0.717) is 17.0 Å². The summed E-state index contributed by atoms with van der Waals surface area (Å²) in [5.41, 5.74) is 6.47. The quantitative estimate of drug-likeness (QED) is 0.528. The molecule has 8 nitrogen and oxygen atoms in total. The van der Waals surface area contributed by atoms with Crippen LogP contribution in [0.3, 0.4) is 0 Å². The number of nitrogens with two attached hydrogens (primary N) is 1. The zero-order valence-electron chi connectivity index (χ0n) is 8.93. The van der Waals surface area contributed by atoms with E-state index in [1.165, 1.54) is 0 Å². The number of aryl methyl sites for hydroxylation is 1. The second kappa shape index (κ2) is 3.17. The van der Waals surface area contributed by atoms with Crippen molar-refractivity contribution in [3.63, 3.8) is 0 Å². The van der Waals surface area contributed by atoms with Crippen LogP contribution < -0.4 is 11.3 Å². The van der Waals surface area contributed by atoms with Crippen molar-refractivity contribution in [3.8, 4) is 11.5 Å². The summed E-state index contributed by atoms with van der Waals surface area (Å²) in [6, 6.07) is 1.79. The van der Waals surface area contributed by atoms with Crippen LogP contribution in [0.15, 0.2) is 17.1 Å². The lowest BCUT2D eigenvalue weighted by Gasteiger charge is -1.94. The van der Waals surface area contributed by atoms with Gasteiger partial charge in [-0.1, -0.05) is 0 Å². The van der Waals surface area contributed by atoms with Gasteiger partial charge in [0.2, 0.25) is 5.95 Å². The van der Waals surface area contributed by atoms with Gasteiger partial charge in [0.05, 0.1) is 0 Å². The molecule has 8 heteroatoms. The van der Waals surface area contributed by atoms with Gasteiger partial charge in [-0.25, -0.2) is 4.98 Å². The van der Waals surface area contributed by atoms with Gasteiger partial charge in [0, 0.05) is 13.2 Å². The number of H-pyrrole nitrogens is 2. The third kappa shape index (κ3) is 1.38. The molecule has 0 saturated heterocycles. The van der Waals surface area contributed by atoms with E-state index in [0.717, 1.165) is 5.69 Å². The molecule has 0 bridgehead atoms.